The van der Waals surface area contributed by atoms with Crippen LogP contribution in [0.5, 0.6) is 0 Å². The molecular weight excluding hydrogens is 467 g/mol. The van der Waals surface area contributed by atoms with Crippen LogP contribution in [0.1, 0.15) is 58.8 Å². The van der Waals surface area contributed by atoms with Gasteiger partial charge in [0.15, 0.2) is 0 Å². The molecule has 5 nitrogen and oxygen atoms in total. The van der Waals surface area contributed by atoms with Crippen molar-refractivity contribution in [2.24, 2.45) is 0 Å². The Kier molecular flexibility index (Phi) is 6.20. The summed E-state index contributed by atoms with van der Waals surface area (Å²) >= 11 is 0. The largest absolute Gasteiger partial charge is 0.471 e. The van der Waals surface area contributed by atoms with E-state index in [-0.39, 0.29) is 17.9 Å². The summed E-state index contributed by atoms with van der Waals surface area (Å²) in [7, 11) is 0. The van der Waals surface area contributed by atoms with E-state index in [0.29, 0.717) is 30.6 Å². The van der Waals surface area contributed by atoms with Crippen LogP contribution in [0.25, 0.3) is 0 Å². The first kappa shape index (κ1) is 23.9. The molecule has 1 fully saturated rings. The number of carbonyl (C=O) groups excluding carboxylic acids is 2. The topological polar surface area (TPSA) is 61.4 Å². The van der Waals surface area contributed by atoms with Gasteiger partial charge in [-0.1, -0.05) is 49.4 Å². The minimum Gasteiger partial charge on any atom is -0.364 e. The summed E-state index contributed by atoms with van der Waals surface area (Å²) in [6.07, 6.45) is -4.15. The van der Waals surface area contributed by atoms with Crippen molar-refractivity contribution in [2.75, 3.05) is 16.8 Å². The van der Waals surface area contributed by atoms with Crippen molar-refractivity contribution in [3.05, 3.63) is 95.1 Å². The first-order chi connectivity index (χ1) is 17.2. The molecule has 2 aliphatic heterocycles. The van der Waals surface area contributed by atoms with E-state index in [4.69, 9.17) is 0 Å². The number of nitrogens with zero attached hydrogens (tertiary/aromatic N) is 1. The Morgan fingerprint density at radius 2 is 1.61 bits per heavy atom. The van der Waals surface area contributed by atoms with Crippen LogP contribution in [0, 0.1) is 0 Å². The molecule has 5 rings (SSSR count). The maximum absolute atomic E-state index is 13.0. The van der Waals surface area contributed by atoms with E-state index in [1.54, 1.807) is 6.07 Å². The number of piperidine rings is 1. The molecule has 0 aromatic heterocycles. The number of hydrogen-bond donors (Lipinski definition) is 2. The smallest absolute Gasteiger partial charge is 0.364 e. The molecule has 0 aliphatic carbocycles. The van der Waals surface area contributed by atoms with E-state index in [2.05, 4.69) is 22.5 Å². The van der Waals surface area contributed by atoms with Crippen LogP contribution >= 0.6 is 0 Å². The van der Waals surface area contributed by atoms with Gasteiger partial charge in [0.05, 0.1) is 6.04 Å². The van der Waals surface area contributed by atoms with Gasteiger partial charge >= 0.3 is 12.1 Å². The van der Waals surface area contributed by atoms with Gasteiger partial charge in [-0.25, -0.2) is 0 Å². The van der Waals surface area contributed by atoms with Crippen LogP contribution in [0.3, 0.4) is 0 Å². The number of anilines is 2. The summed E-state index contributed by atoms with van der Waals surface area (Å²) in [5, 5.41) is 5.10. The van der Waals surface area contributed by atoms with E-state index < -0.39 is 18.1 Å². The van der Waals surface area contributed by atoms with Crippen LogP contribution < -0.4 is 15.5 Å². The van der Waals surface area contributed by atoms with Crippen molar-refractivity contribution in [3.63, 3.8) is 0 Å². The van der Waals surface area contributed by atoms with Gasteiger partial charge in [0, 0.05) is 35.4 Å². The molecule has 0 unspecified atom stereocenters. The Hall–Kier alpha value is -3.81. The van der Waals surface area contributed by atoms with Gasteiger partial charge in [0.25, 0.3) is 5.91 Å². The summed E-state index contributed by atoms with van der Waals surface area (Å²) < 4.78 is 38.6. The third-order valence-corrected chi connectivity index (χ3v) is 7.11. The number of alkyl halides is 3. The Balaban J connectivity index is 1.49. The Labute approximate surface area is 207 Å². The van der Waals surface area contributed by atoms with Crippen molar-refractivity contribution < 1.29 is 22.8 Å². The quantitative estimate of drug-likeness (QED) is 0.485. The van der Waals surface area contributed by atoms with Crippen LogP contribution in [-0.2, 0) is 4.79 Å². The van der Waals surface area contributed by atoms with Gasteiger partial charge in [-0.15, -0.1) is 0 Å². The molecule has 36 heavy (non-hydrogen) atoms. The van der Waals surface area contributed by atoms with Crippen molar-refractivity contribution in [1.82, 2.24) is 5.32 Å². The lowest BCUT2D eigenvalue weighted by molar-refractivity contribution is -0.174. The first-order valence-electron chi connectivity index (χ1n) is 12.0. The van der Waals surface area contributed by atoms with Gasteiger partial charge < -0.3 is 15.5 Å². The Bertz CT molecular complexity index is 1290. The Morgan fingerprint density at radius 3 is 2.33 bits per heavy atom. The highest BCUT2D eigenvalue weighted by Gasteiger charge is 2.42. The second-order valence-corrected chi connectivity index (χ2v) is 9.35. The van der Waals surface area contributed by atoms with Crippen molar-refractivity contribution >= 4 is 23.2 Å². The third-order valence-electron chi connectivity index (χ3n) is 7.11. The zero-order chi connectivity index (χ0) is 25.4. The molecule has 0 saturated carbocycles. The number of carbonyl (C=O) groups is 2. The summed E-state index contributed by atoms with van der Waals surface area (Å²) in [6.45, 7) is 2.56. The van der Waals surface area contributed by atoms with Gasteiger partial charge in [0.2, 0.25) is 0 Å². The van der Waals surface area contributed by atoms with E-state index >= 15 is 0 Å². The number of amides is 2. The highest BCUT2D eigenvalue weighted by molar-refractivity contribution is 6.04. The van der Waals surface area contributed by atoms with E-state index in [0.717, 1.165) is 22.4 Å². The predicted octanol–water partition coefficient (Wildman–Crippen LogP) is 5.79. The fraction of sp³-hybridized carbons (Fsp3) is 0.286. The molecule has 0 radical (unpaired) electrons. The van der Waals surface area contributed by atoms with Crippen molar-refractivity contribution in [3.8, 4) is 0 Å². The lowest BCUT2D eigenvalue weighted by atomic mass is 9.86. The number of fused-ring (bicyclic) bond motifs is 5. The standard InChI is InChI=1S/C28H26F3N3O2/c1-17-21-9-5-6-10-22(21)25-16-20(33-27(36)28(29,30)31)13-14-34(25)24-12-11-18(15-23(17)24)26(35)32-19-7-3-2-4-8-19/h2-12,15,17,20,25H,13-14,16H2,1H3,(H,32,35)(H,33,36)/t17-,20-,25-/m1/s1. The van der Waals surface area contributed by atoms with E-state index in [1.807, 2.05) is 66.7 Å². The fourth-order valence-corrected chi connectivity index (χ4v) is 5.35. The molecule has 3 aromatic carbocycles. The maximum atomic E-state index is 13.0. The van der Waals surface area contributed by atoms with Gasteiger partial charge in [-0.05, 0) is 59.9 Å². The highest BCUT2D eigenvalue weighted by atomic mass is 19.4. The average Bonchev–Trinajstić information content (AvgIpc) is 2.97. The van der Waals surface area contributed by atoms with Crippen molar-refractivity contribution in [1.29, 1.82) is 0 Å². The second-order valence-electron chi connectivity index (χ2n) is 9.35. The molecule has 2 heterocycles. The second kappa shape index (κ2) is 9.33. The van der Waals surface area contributed by atoms with E-state index in [9.17, 15) is 22.8 Å². The normalized spacial score (nSPS) is 20.9. The summed E-state index contributed by atoms with van der Waals surface area (Å²) in [4.78, 5) is 26.8. The lowest BCUT2D eigenvalue weighted by Crippen LogP contribution is -2.49. The molecule has 186 valence electrons. The molecule has 1 saturated heterocycles. The highest BCUT2D eigenvalue weighted by Crippen LogP contribution is 2.46. The first-order valence-corrected chi connectivity index (χ1v) is 12.0. The van der Waals surface area contributed by atoms with Crippen LogP contribution in [0.15, 0.2) is 72.8 Å². The zero-order valence-electron chi connectivity index (χ0n) is 19.7. The molecule has 2 N–H and O–H groups in total. The number of para-hydroxylation sites is 1. The maximum Gasteiger partial charge on any atom is 0.471 e. The fourth-order valence-electron chi connectivity index (χ4n) is 5.35. The van der Waals surface area contributed by atoms with Crippen LogP contribution in [0.4, 0.5) is 24.5 Å². The zero-order valence-corrected chi connectivity index (χ0v) is 19.7. The minimum absolute atomic E-state index is 0.0329. The van der Waals surface area contributed by atoms with E-state index in [1.165, 1.54) is 0 Å². The SMILES string of the molecule is C[C@@H]1c2ccccc2[C@H]2C[C@H](NC(=O)C(F)(F)F)CCN2c2ccc(C(=O)Nc3ccccc3)cc21. The average molecular weight is 494 g/mol. The lowest BCUT2D eigenvalue weighted by Gasteiger charge is -2.41. The summed E-state index contributed by atoms with van der Waals surface area (Å²) in [5.41, 5.74) is 5.28. The molecule has 3 aromatic rings. The molecular formula is C28H26F3N3O2. The van der Waals surface area contributed by atoms with Crippen molar-refractivity contribution in [2.45, 2.75) is 43.9 Å². The molecule has 3 atom stereocenters. The molecule has 8 heteroatoms. The molecule has 2 aliphatic rings. The number of rotatable bonds is 3. The molecule has 0 bridgehead atoms. The third kappa shape index (κ3) is 4.55. The molecule has 0 spiro atoms. The van der Waals surface area contributed by atoms with Gasteiger partial charge in [-0.2, -0.15) is 13.2 Å². The van der Waals surface area contributed by atoms with Gasteiger partial charge in [0.1, 0.15) is 0 Å². The number of halogens is 3. The number of benzene rings is 3. The summed E-state index contributed by atoms with van der Waals surface area (Å²) in [6, 6.07) is 22.0. The summed E-state index contributed by atoms with van der Waals surface area (Å²) in [5.74, 6) is -2.14. The monoisotopic (exact) mass is 493 g/mol. The Morgan fingerprint density at radius 1 is 0.917 bits per heavy atom. The number of nitrogens with one attached hydrogen (secondary N) is 2. The molecule has 2 amide bonds. The van der Waals surface area contributed by atoms with Gasteiger partial charge in [-0.3, -0.25) is 9.59 Å². The number of hydrogen-bond acceptors (Lipinski definition) is 3. The van der Waals surface area contributed by atoms with Crippen LogP contribution in [-0.4, -0.2) is 30.6 Å². The predicted molar refractivity (Wildman–Crippen MR) is 132 cm³/mol. The van der Waals surface area contributed by atoms with Crippen LogP contribution in [0.2, 0.25) is 0 Å². The minimum atomic E-state index is -4.91.